The summed E-state index contributed by atoms with van der Waals surface area (Å²) < 4.78 is 5.40. The topological polar surface area (TPSA) is 50.7 Å². The van der Waals surface area contributed by atoms with Crippen LogP contribution in [0.15, 0.2) is 53.6 Å². The quantitative estimate of drug-likeness (QED) is 0.677. The zero-order valence-corrected chi connectivity index (χ0v) is 13.2. The van der Waals surface area contributed by atoms with Crippen molar-refractivity contribution < 1.29 is 9.53 Å². The lowest BCUT2D eigenvalue weighted by molar-refractivity contribution is -0.123. The predicted octanol–water partition coefficient (Wildman–Crippen LogP) is 3.57. The van der Waals surface area contributed by atoms with Crippen LogP contribution in [0.1, 0.15) is 18.1 Å². The summed E-state index contributed by atoms with van der Waals surface area (Å²) in [5, 5.41) is 4.71. The molecule has 0 aliphatic heterocycles. The van der Waals surface area contributed by atoms with Crippen molar-refractivity contribution in [3.63, 3.8) is 0 Å². The number of ether oxygens (including phenoxy) is 1. The largest absolute Gasteiger partial charge is 0.484 e. The maximum absolute atomic E-state index is 11.7. The van der Waals surface area contributed by atoms with Crippen LogP contribution in [-0.4, -0.2) is 18.2 Å². The summed E-state index contributed by atoms with van der Waals surface area (Å²) in [5.74, 6) is 0.350. The average Bonchev–Trinajstić information content (AvgIpc) is 2.51. The monoisotopic (exact) mass is 316 g/mol. The number of halogens is 1. The fraction of sp³-hybridized carbons (Fsp3) is 0.176. The molecule has 0 saturated heterocycles. The van der Waals surface area contributed by atoms with E-state index in [-0.39, 0.29) is 12.5 Å². The first kappa shape index (κ1) is 16.0. The van der Waals surface area contributed by atoms with E-state index in [0.717, 1.165) is 11.1 Å². The second-order valence-corrected chi connectivity index (χ2v) is 5.28. The third-order valence-electron chi connectivity index (χ3n) is 2.97. The average molecular weight is 317 g/mol. The molecular weight excluding hydrogens is 300 g/mol. The Morgan fingerprint density at radius 3 is 2.64 bits per heavy atom. The van der Waals surface area contributed by atoms with E-state index in [4.69, 9.17) is 16.3 Å². The van der Waals surface area contributed by atoms with Gasteiger partial charge < -0.3 is 4.74 Å². The van der Waals surface area contributed by atoms with E-state index >= 15 is 0 Å². The number of rotatable bonds is 5. The van der Waals surface area contributed by atoms with Crippen LogP contribution in [0.4, 0.5) is 0 Å². The van der Waals surface area contributed by atoms with Crippen molar-refractivity contribution in [2.45, 2.75) is 13.8 Å². The van der Waals surface area contributed by atoms with Crippen molar-refractivity contribution in [3.05, 3.63) is 64.7 Å². The van der Waals surface area contributed by atoms with Gasteiger partial charge in [0.2, 0.25) is 0 Å². The third kappa shape index (κ3) is 4.90. The van der Waals surface area contributed by atoms with Gasteiger partial charge in [0.25, 0.3) is 5.91 Å². The van der Waals surface area contributed by atoms with Crippen LogP contribution in [-0.2, 0) is 4.79 Å². The van der Waals surface area contributed by atoms with Crippen molar-refractivity contribution >= 4 is 23.2 Å². The van der Waals surface area contributed by atoms with E-state index < -0.39 is 0 Å². The summed E-state index contributed by atoms with van der Waals surface area (Å²) in [6, 6.07) is 14.8. The van der Waals surface area contributed by atoms with Crippen molar-refractivity contribution in [1.29, 1.82) is 0 Å². The Kier molecular flexibility index (Phi) is 5.55. The summed E-state index contributed by atoms with van der Waals surface area (Å²) in [5.41, 5.74) is 5.14. The van der Waals surface area contributed by atoms with Gasteiger partial charge in [-0.15, -0.1) is 0 Å². The second kappa shape index (κ2) is 7.61. The first-order valence-corrected chi connectivity index (χ1v) is 7.21. The minimum absolute atomic E-state index is 0.0825. The molecule has 2 aromatic rings. The lowest BCUT2D eigenvalue weighted by Crippen LogP contribution is -2.25. The molecule has 0 aliphatic carbocycles. The summed E-state index contributed by atoms with van der Waals surface area (Å²) in [6.45, 7) is 3.69. The van der Waals surface area contributed by atoms with Gasteiger partial charge in [-0.2, -0.15) is 5.10 Å². The zero-order chi connectivity index (χ0) is 15.9. The van der Waals surface area contributed by atoms with E-state index in [1.807, 2.05) is 50.2 Å². The summed E-state index contributed by atoms with van der Waals surface area (Å²) >= 11 is 5.83. The normalized spacial score (nSPS) is 11.1. The number of nitrogens with one attached hydrogen (secondary N) is 1. The number of carbonyl (C=O) groups excluding carboxylic acids is 1. The molecule has 0 bridgehead atoms. The minimum atomic E-state index is -0.310. The number of hydrazone groups is 1. The fourth-order valence-corrected chi connectivity index (χ4v) is 1.91. The predicted molar refractivity (Wildman–Crippen MR) is 88.5 cm³/mol. The molecular formula is C17H17ClN2O2. The molecule has 1 amide bonds. The summed E-state index contributed by atoms with van der Waals surface area (Å²) in [7, 11) is 0. The number of aryl methyl sites for hydroxylation is 1. The first-order valence-electron chi connectivity index (χ1n) is 6.83. The maximum atomic E-state index is 11.7. The highest BCUT2D eigenvalue weighted by Gasteiger charge is 2.03. The van der Waals surface area contributed by atoms with Gasteiger partial charge in [0, 0.05) is 5.02 Å². The van der Waals surface area contributed by atoms with Crippen LogP contribution >= 0.6 is 11.6 Å². The number of amides is 1. The van der Waals surface area contributed by atoms with Gasteiger partial charge in [-0.25, -0.2) is 5.43 Å². The molecule has 22 heavy (non-hydrogen) atoms. The highest BCUT2D eigenvalue weighted by atomic mass is 35.5. The smallest absolute Gasteiger partial charge is 0.277 e. The Hall–Kier alpha value is -2.33. The first-order chi connectivity index (χ1) is 10.5. The van der Waals surface area contributed by atoms with E-state index in [1.165, 1.54) is 0 Å². The SMILES string of the molecule is C/C(=N\NC(=O)COc1cccc(C)c1)c1ccc(Cl)cc1. The number of hydrogen-bond donors (Lipinski definition) is 1. The van der Waals surface area contributed by atoms with Crippen LogP contribution < -0.4 is 10.2 Å². The Morgan fingerprint density at radius 2 is 1.95 bits per heavy atom. The molecule has 2 rings (SSSR count). The van der Waals surface area contributed by atoms with Gasteiger partial charge in [-0.3, -0.25) is 4.79 Å². The molecule has 0 atom stereocenters. The number of nitrogens with zero attached hydrogens (tertiary/aromatic N) is 1. The van der Waals surface area contributed by atoms with E-state index in [1.54, 1.807) is 12.1 Å². The molecule has 0 fully saturated rings. The van der Waals surface area contributed by atoms with Gasteiger partial charge in [0.05, 0.1) is 5.71 Å². The van der Waals surface area contributed by atoms with Gasteiger partial charge in [-0.05, 0) is 49.2 Å². The molecule has 114 valence electrons. The Balaban J connectivity index is 1.86. The zero-order valence-electron chi connectivity index (χ0n) is 12.5. The van der Waals surface area contributed by atoms with Crippen LogP contribution in [0.5, 0.6) is 5.75 Å². The highest BCUT2D eigenvalue weighted by molar-refractivity contribution is 6.30. The molecule has 4 nitrogen and oxygen atoms in total. The molecule has 2 aromatic carbocycles. The molecule has 0 unspecified atom stereocenters. The standard InChI is InChI=1S/C17H17ClN2O2/c1-12-4-3-5-16(10-12)22-11-17(21)20-19-13(2)14-6-8-15(18)9-7-14/h3-10H,11H2,1-2H3,(H,20,21)/b19-13+. The molecule has 0 radical (unpaired) electrons. The van der Waals surface area contributed by atoms with Crippen molar-refractivity contribution in [2.24, 2.45) is 5.10 Å². The molecule has 1 N–H and O–H groups in total. The van der Waals surface area contributed by atoms with Crippen molar-refractivity contribution in [2.75, 3.05) is 6.61 Å². The van der Waals surface area contributed by atoms with Crippen molar-refractivity contribution in [1.82, 2.24) is 5.43 Å². The summed E-state index contributed by atoms with van der Waals surface area (Å²) in [6.07, 6.45) is 0. The lowest BCUT2D eigenvalue weighted by Gasteiger charge is -2.06. The van der Waals surface area contributed by atoms with Crippen LogP contribution in [0.25, 0.3) is 0 Å². The van der Waals surface area contributed by atoms with Gasteiger partial charge >= 0.3 is 0 Å². The molecule has 0 aromatic heterocycles. The second-order valence-electron chi connectivity index (χ2n) is 4.84. The van der Waals surface area contributed by atoms with E-state index in [2.05, 4.69) is 10.5 Å². The fourth-order valence-electron chi connectivity index (χ4n) is 1.79. The van der Waals surface area contributed by atoms with Crippen LogP contribution in [0.2, 0.25) is 5.02 Å². The van der Waals surface area contributed by atoms with Gasteiger partial charge in [0.15, 0.2) is 6.61 Å². The Bertz CT molecular complexity index is 681. The lowest BCUT2D eigenvalue weighted by atomic mass is 10.1. The molecule has 0 spiro atoms. The number of carbonyl (C=O) groups is 1. The van der Waals surface area contributed by atoms with Gasteiger partial charge in [-0.1, -0.05) is 35.9 Å². The van der Waals surface area contributed by atoms with E-state index in [0.29, 0.717) is 16.5 Å². The molecule has 5 heteroatoms. The number of benzene rings is 2. The minimum Gasteiger partial charge on any atom is -0.484 e. The Labute approximate surface area is 134 Å². The highest BCUT2D eigenvalue weighted by Crippen LogP contribution is 2.12. The van der Waals surface area contributed by atoms with Crippen molar-refractivity contribution in [3.8, 4) is 5.75 Å². The summed E-state index contributed by atoms with van der Waals surface area (Å²) in [4.78, 5) is 11.7. The van der Waals surface area contributed by atoms with Gasteiger partial charge in [0.1, 0.15) is 5.75 Å². The molecule has 0 aliphatic rings. The molecule has 0 heterocycles. The van der Waals surface area contributed by atoms with Crippen LogP contribution in [0.3, 0.4) is 0 Å². The number of hydrogen-bond acceptors (Lipinski definition) is 3. The van der Waals surface area contributed by atoms with E-state index in [9.17, 15) is 4.79 Å². The maximum Gasteiger partial charge on any atom is 0.277 e. The van der Waals surface area contributed by atoms with Crippen LogP contribution in [0, 0.1) is 6.92 Å². The molecule has 0 saturated carbocycles. The third-order valence-corrected chi connectivity index (χ3v) is 3.22. The Morgan fingerprint density at radius 1 is 1.23 bits per heavy atom.